The molecular weight excluding hydrogens is 188 g/mol. The average Bonchev–Trinajstić information content (AvgIpc) is 2.62. The van der Waals surface area contributed by atoms with E-state index in [0.717, 1.165) is 11.3 Å². The van der Waals surface area contributed by atoms with E-state index in [-0.39, 0.29) is 0 Å². The average molecular weight is 202 g/mol. The van der Waals surface area contributed by atoms with Crippen molar-refractivity contribution in [1.29, 1.82) is 0 Å². The van der Waals surface area contributed by atoms with E-state index in [1.165, 1.54) is 0 Å². The highest BCUT2D eigenvalue weighted by atomic mass is 15.3. The molecule has 0 spiro atoms. The lowest BCUT2D eigenvalue weighted by Crippen LogP contribution is -2.01. The topological polar surface area (TPSA) is 43.6 Å². The molecule has 15 heavy (non-hydrogen) atoms. The Morgan fingerprint density at radius 2 is 1.87 bits per heavy atom. The second-order valence-electron chi connectivity index (χ2n) is 3.81. The molecule has 2 aromatic heterocycles. The summed E-state index contributed by atoms with van der Waals surface area (Å²) in [7, 11) is 0. The highest BCUT2D eigenvalue weighted by Crippen LogP contribution is 2.18. The maximum Gasteiger partial charge on any atom is 0.180 e. The standard InChI is InChI=1S/C11H14N4/c1-8(2)15-7-9(3)10(14-15)11-12-5-4-6-13-11/h4-8H,1-3H3. The van der Waals surface area contributed by atoms with Crippen LogP contribution in [0.3, 0.4) is 0 Å². The monoisotopic (exact) mass is 202 g/mol. The highest BCUT2D eigenvalue weighted by molar-refractivity contribution is 5.52. The zero-order valence-electron chi connectivity index (χ0n) is 9.18. The molecule has 0 bridgehead atoms. The van der Waals surface area contributed by atoms with Gasteiger partial charge in [0.15, 0.2) is 5.82 Å². The fourth-order valence-corrected chi connectivity index (χ4v) is 1.39. The lowest BCUT2D eigenvalue weighted by Gasteiger charge is -2.03. The van der Waals surface area contributed by atoms with E-state index in [1.54, 1.807) is 18.5 Å². The zero-order chi connectivity index (χ0) is 10.8. The van der Waals surface area contributed by atoms with Crippen molar-refractivity contribution < 1.29 is 0 Å². The molecule has 0 N–H and O–H groups in total. The third-order valence-electron chi connectivity index (χ3n) is 2.22. The summed E-state index contributed by atoms with van der Waals surface area (Å²) in [6.07, 6.45) is 5.49. The van der Waals surface area contributed by atoms with E-state index in [1.807, 2.05) is 17.8 Å². The van der Waals surface area contributed by atoms with Gasteiger partial charge in [0.2, 0.25) is 0 Å². The second-order valence-corrected chi connectivity index (χ2v) is 3.81. The number of hydrogen-bond acceptors (Lipinski definition) is 3. The largest absolute Gasteiger partial charge is 0.269 e. The maximum atomic E-state index is 4.47. The summed E-state index contributed by atoms with van der Waals surface area (Å²) >= 11 is 0. The number of aromatic nitrogens is 4. The molecule has 0 fully saturated rings. The Labute approximate surface area is 89.0 Å². The smallest absolute Gasteiger partial charge is 0.180 e. The molecule has 0 unspecified atom stereocenters. The quantitative estimate of drug-likeness (QED) is 0.750. The molecule has 0 amide bonds. The lowest BCUT2D eigenvalue weighted by molar-refractivity contribution is 0.533. The SMILES string of the molecule is Cc1cn(C(C)C)nc1-c1ncccn1. The highest BCUT2D eigenvalue weighted by Gasteiger charge is 2.10. The van der Waals surface area contributed by atoms with Crippen molar-refractivity contribution in [2.24, 2.45) is 0 Å². The van der Waals surface area contributed by atoms with Crippen LogP contribution in [0.15, 0.2) is 24.7 Å². The molecule has 0 saturated heterocycles. The molecule has 0 radical (unpaired) electrons. The Bertz CT molecular complexity index is 445. The van der Waals surface area contributed by atoms with E-state index in [4.69, 9.17) is 0 Å². The fourth-order valence-electron chi connectivity index (χ4n) is 1.39. The summed E-state index contributed by atoms with van der Waals surface area (Å²) < 4.78 is 1.93. The van der Waals surface area contributed by atoms with Crippen LogP contribution in [0.5, 0.6) is 0 Å². The van der Waals surface area contributed by atoms with Gasteiger partial charge in [0, 0.05) is 24.6 Å². The number of aryl methyl sites for hydroxylation is 1. The molecule has 78 valence electrons. The fraction of sp³-hybridized carbons (Fsp3) is 0.364. The van der Waals surface area contributed by atoms with Crippen molar-refractivity contribution in [2.45, 2.75) is 26.8 Å². The van der Waals surface area contributed by atoms with Crippen LogP contribution in [0.1, 0.15) is 25.5 Å². The minimum Gasteiger partial charge on any atom is -0.269 e. The van der Waals surface area contributed by atoms with Gasteiger partial charge in [0.1, 0.15) is 5.69 Å². The summed E-state index contributed by atoms with van der Waals surface area (Å²) in [6, 6.07) is 2.17. The first-order chi connectivity index (χ1) is 7.18. The van der Waals surface area contributed by atoms with Gasteiger partial charge in [0.25, 0.3) is 0 Å². The Hall–Kier alpha value is -1.71. The van der Waals surface area contributed by atoms with Crippen LogP contribution in [0.25, 0.3) is 11.5 Å². The van der Waals surface area contributed by atoms with Gasteiger partial charge in [-0.2, -0.15) is 5.10 Å². The second kappa shape index (κ2) is 3.81. The predicted molar refractivity (Wildman–Crippen MR) is 58.4 cm³/mol. The van der Waals surface area contributed by atoms with E-state index in [0.29, 0.717) is 11.9 Å². The van der Waals surface area contributed by atoms with Gasteiger partial charge >= 0.3 is 0 Å². The number of rotatable bonds is 2. The molecule has 2 aromatic rings. The van der Waals surface area contributed by atoms with Crippen LogP contribution in [0.4, 0.5) is 0 Å². The molecule has 4 nitrogen and oxygen atoms in total. The Kier molecular flexibility index (Phi) is 2.49. The molecular formula is C11H14N4. The van der Waals surface area contributed by atoms with Crippen LogP contribution >= 0.6 is 0 Å². The van der Waals surface area contributed by atoms with Crippen LogP contribution in [0, 0.1) is 6.92 Å². The summed E-state index contributed by atoms with van der Waals surface area (Å²) in [6.45, 7) is 6.22. The van der Waals surface area contributed by atoms with Crippen LogP contribution in [-0.2, 0) is 0 Å². The Morgan fingerprint density at radius 3 is 2.40 bits per heavy atom. The van der Waals surface area contributed by atoms with Crippen molar-refractivity contribution in [1.82, 2.24) is 19.7 Å². The van der Waals surface area contributed by atoms with Crippen LogP contribution < -0.4 is 0 Å². The molecule has 0 aliphatic rings. The first-order valence-corrected chi connectivity index (χ1v) is 5.01. The molecule has 0 aliphatic heterocycles. The number of hydrogen-bond donors (Lipinski definition) is 0. The molecule has 0 aliphatic carbocycles. The van der Waals surface area contributed by atoms with E-state index >= 15 is 0 Å². The third-order valence-corrected chi connectivity index (χ3v) is 2.22. The number of nitrogens with zero attached hydrogens (tertiary/aromatic N) is 4. The van der Waals surface area contributed by atoms with Gasteiger partial charge in [-0.25, -0.2) is 9.97 Å². The maximum absolute atomic E-state index is 4.47. The Morgan fingerprint density at radius 1 is 1.20 bits per heavy atom. The molecule has 4 heteroatoms. The third kappa shape index (κ3) is 1.88. The van der Waals surface area contributed by atoms with Gasteiger partial charge in [-0.3, -0.25) is 4.68 Å². The van der Waals surface area contributed by atoms with E-state index in [9.17, 15) is 0 Å². The summed E-state index contributed by atoms with van der Waals surface area (Å²) in [5.41, 5.74) is 1.97. The van der Waals surface area contributed by atoms with Gasteiger partial charge < -0.3 is 0 Å². The van der Waals surface area contributed by atoms with Crippen LogP contribution in [-0.4, -0.2) is 19.7 Å². The minimum absolute atomic E-state index is 0.362. The van der Waals surface area contributed by atoms with Crippen molar-refractivity contribution in [3.63, 3.8) is 0 Å². The van der Waals surface area contributed by atoms with E-state index < -0.39 is 0 Å². The molecule has 0 aromatic carbocycles. The van der Waals surface area contributed by atoms with Crippen LogP contribution in [0.2, 0.25) is 0 Å². The zero-order valence-corrected chi connectivity index (χ0v) is 9.18. The molecule has 0 saturated carbocycles. The molecule has 2 heterocycles. The van der Waals surface area contributed by atoms with Gasteiger partial charge in [0.05, 0.1) is 0 Å². The minimum atomic E-state index is 0.362. The van der Waals surface area contributed by atoms with Gasteiger partial charge in [-0.15, -0.1) is 0 Å². The summed E-state index contributed by atoms with van der Waals surface area (Å²) in [5.74, 6) is 0.689. The van der Waals surface area contributed by atoms with Crippen molar-refractivity contribution in [2.75, 3.05) is 0 Å². The van der Waals surface area contributed by atoms with Crippen molar-refractivity contribution >= 4 is 0 Å². The van der Waals surface area contributed by atoms with Gasteiger partial charge in [-0.05, 0) is 32.4 Å². The first kappa shape index (κ1) is 9.83. The predicted octanol–water partition coefficient (Wildman–Crippen LogP) is 2.23. The summed E-state index contributed by atoms with van der Waals surface area (Å²) in [4.78, 5) is 8.39. The van der Waals surface area contributed by atoms with Gasteiger partial charge in [-0.1, -0.05) is 0 Å². The molecule has 2 rings (SSSR count). The summed E-state index contributed by atoms with van der Waals surface area (Å²) in [5, 5.41) is 4.47. The molecule has 0 atom stereocenters. The van der Waals surface area contributed by atoms with Crippen molar-refractivity contribution in [3.05, 3.63) is 30.2 Å². The lowest BCUT2D eigenvalue weighted by atomic mass is 10.2. The van der Waals surface area contributed by atoms with E-state index in [2.05, 4.69) is 28.9 Å². The van der Waals surface area contributed by atoms with Crippen molar-refractivity contribution in [3.8, 4) is 11.5 Å². The Balaban J connectivity index is 2.45. The first-order valence-electron chi connectivity index (χ1n) is 5.01. The normalized spacial score (nSPS) is 10.9.